The van der Waals surface area contributed by atoms with Crippen molar-refractivity contribution in [1.82, 2.24) is 0 Å². The van der Waals surface area contributed by atoms with Crippen LogP contribution in [0.15, 0.2) is 78.9 Å². The Kier molecular flexibility index (Phi) is 6.74. The molecule has 0 bridgehead atoms. The first kappa shape index (κ1) is 20.5. The first-order valence-electron chi connectivity index (χ1n) is 9.05. The second-order valence-corrected chi connectivity index (χ2v) is 9.62. The van der Waals surface area contributed by atoms with Crippen molar-refractivity contribution in [3.05, 3.63) is 97.2 Å². The minimum absolute atomic E-state index is 0.0123. The topological polar surface area (TPSA) is 3.01 Å². The number of halogens is 2. The standard InChI is InChI=1S/C24H24I2N/c1-24(2)22(27(3)21-17-19(25)16-20(26)23(21)24)15-11-6-4-5-8-12-18-13-9-7-10-14-18/h4-11,13-17H,12H2,1-3H3/q+1/b6-4+,8-5+,15-11+. The van der Waals surface area contributed by atoms with E-state index in [0.717, 1.165) is 6.42 Å². The van der Waals surface area contributed by atoms with Crippen molar-refractivity contribution in [2.45, 2.75) is 25.7 Å². The normalized spacial score (nSPS) is 16.2. The summed E-state index contributed by atoms with van der Waals surface area (Å²) in [5.74, 6) is 0. The highest BCUT2D eigenvalue weighted by Gasteiger charge is 2.44. The molecule has 0 radical (unpaired) electrons. The Morgan fingerprint density at radius 3 is 2.41 bits per heavy atom. The zero-order valence-electron chi connectivity index (χ0n) is 15.9. The van der Waals surface area contributed by atoms with E-state index in [9.17, 15) is 0 Å². The SMILES string of the molecule is C[N+]1=C(/C=C/C=C/C=C/Cc2ccccc2)C(C)(C)c2c(I)cc(I)cc21. The summed E-state index contributed by atoms with van der Waals surface area (Å²) in [5.41, 5.74) is 5.43. The van der Waals surface area contributed by atoms with E-state index < -0.39 is 0 Å². The number of allylic oxidation sites excluding steroid dienone is 6. The lowest BCUT2D eigenvalue weighted by molar-refractivity contribution is -0.401. The molecule has 3 heteroatoms. The summed E-state index contributed by atoms with van der Waals surface area (Å²) in [5, 5.41) is 0. The van der Waals surface area contributed by atoms with Gasteiger partial charge in [0.05, 0.1) is 11.0 Å². The predicted molar refractivity (Wildman–Crippen MR) is 133 cm³/mol. The molecule has 0 amide bonds. The van der Waals surface area contributed by atoms with Crippen LogP contribution in [0.4, 0.5) is 5.69 Å². The Bertz CT molecular complexity index is 948. The molecular formula is C24H24I2N+. The fourth-order valence-electron chi connectivity index (χ4n) is 3.61. The van der Waals surface area contributed by atoms with Gasteiger partial charge in [0.25, 0.3) is 0 Å². The number of rotatable bonds is 5. The molecule has 0 atom stereocenters. The summed E-state index contributed by atoms with van der Waals surface area (Å²) in [4.78, 5) is 0. The predicted octanol–water partition coefficient (Wildman–Crippen LogP) is 6.81. The summed E-state index contributed by atoms with van der Waals surface area (Å²) in [6.45, 7) is 4.63. The Hall–Kier alpha value is -1.21. The molecule has 2 aromatic carbocycles. The zero-order valence-corrected chi connectivity index (χ0v) is 20.2. The second kappa shape index (κ2) is 8.86. The lowest BCUT2D eigenvalue weighted by Gasteiger charge is -2.17. The third kappa shape index (κ3) is 4.62. The molecule has 0 saturated carbocycles. The largest absolute Gasteiger partial charge is 0.211 e. The van der Waals surface area contributed by atoms with Crippen LogP contribution in [-0.4, -0.2) is 17.3 Å². The van der Waals surface area contributed by atoms with Crippen LogP contribution in [-0.2, 0) is 11.8 Å². The molecule has 0 unspecified atom stereocenters. The lowest BCUT2D eigenvalue weighted by Crippen LogP contribution is -2.27. The molecule has 3 rings (SSSR count). The summed E-state index contributed by atoms with van der Waals surface area (Å²) in [6, 6.07) is 15.1. The molecule has 2 aromatic rings. The van der Waals surface area contributed by atoms with Crippen molar-refractivity contribution in [2.75, 3.05) is 7.05 Å². The van der Waals surface area contributed by atoms with Gasteiger partial charge in [0.1, 0.15) is 7.05 Å². The van der Waals surface area contributed by atoms with E-state index >= 15 is 0 Å². The summed E-state index contributed by atoms with van der Waals surface area (Å²) < 4.78 is 4.95. The second-order valence-electron chi connectivity index (χ2n) is 7.21. The van der Waals surface area contributed by atoms with Crippen molar-refractivity contribution >= 4 is 56.6 Å². The maximum absolute atomic E-state index is 2.47. The fraction of sp³-hybridized carbons (Fsp3) is 0.208. The first-order chi connectivity index (χ1) is 12.9. The minimum Gasteiger partial charge on any atom is -0.198 e. The van der Waals surface area contributed by atoms with Gasteiger partial charge in [-0.15, -0.1) is 0 Å². The molecule has 138 valence electrons. The number of nitrogens with zero attached hydrogens (tertiary/aromatic N) is 1. The quantitative estimate of drug-likeness (QED) is 0.208. The fourth-order valence-corrected chi connectivity index (χ4v) is 6.10. The molecular weight excluding hydrogens is 556 g/mol. The van der Waals surface area contributed by atoms with Gasteiger partial charge in [0.2, 0.25) is 5.69 Å². The maximum Gasteiger partial charge on any atom is 0.211 e. The van der Waals surface area contributed by atoms with Gasteiger partial charge in [-0.3, -0.25) is 0 Å². The zero-order chi connectivity index (χ0) is 19.4. The molecule has 1 aliphatic heterocycles. The van der Waals surface area contributed by atoms with Crippen molar-refractivity contribution in [3.8, 4) is 0 Å². The first-order valence-corrected chi connectivity index (χ1v) is 11.2. The van der Waals surface area contributed by atoms with E-state index in [1.165, 1.54) is 29.7 Å². The van der Waals surface area contributed by atoms with E-state index in [4.69, 9.17) is 0 Å². The molecule has 0 spiro atoms. The summed E-state index contributed by atoms with van der Waals surface area (Å²) in [6.07, 6.45) is 13.9. The van der Waals surface area contributed by atoms with Crippen molar-refractivity contribution in [1.29, 1.82) is 0 Å². The summed E-state index contributed by atoms with van der Waals surface area (Å²) >= 11 is 4.87. The molecule has 0 aromatic heterocycles. The van der Waals surface area contributed by atoms with Crippen molar-refractivity contribution in [3.63, 3.8) is 0 Å². The van der Waals surface area contributed by atoms with Gasteiger partial charge in [-0.2, -0.15) is 4.58 Å². The minimum atomic E-state index is 0.0123. The van der Waals surface area contributed by atoms with Gasteiger partial charge in [0, 0.05) is 19.3 Å². The molecule has 0 N–H and O–H groups in total. The number of benzene rings is 2. The Morgan fingerprint density at radius 1 is 0.963 bits per heavy atom. The van der Waals surface area contributed by atoms with Crippen LogP contribution in [0.3, 0.4) is 0 Å². The van der Waals surface area contributed by atoms with Crippen LogP contribution in [0, 0.1) is 7.14 Å². The van der Waals surface area contributed by atoms with Gasteiger partial charge >= 0.3 is 0 Å². The molecule has 0 aliphatic carbocycles. The Balaban J connectivity index is 1.71. The average Bonchev–Trinajstić information content (AvgIpc) is 2.81. The van der Waals surface area contributed by atoms with Gasteiger partial charge in [-0.05, 0) is 77.1 Å². The number of fused-ring (bicyclic) bond motifs is 1. The lowest BCUT2D eigenvalue weighted by atomic mass is 9.81. The monoisotopic (exact) mass is 580 g/mol. The van der Waals surface area contributed by atoms with E-state index in [1.807, 2.05) is 0 Å². The Labute approximate surface area is 189 Å². The van der Waals surface area contributed by atoms with E-state index in [-0.39, 0.29) is 5.41 Å². The highest BCUT2D eigenvalue weighted by molar-refractivity contribution is 14.1. The third-order valence-corrected chi connectivity index (χ3v) is 6.42. The highest BCUT2D eigenvalue weighted by atomic mass is 127. The van der Waals surface area contributed by atoms with Gasteiger partial charge in [0.15, 0.2) is 5.71 Å². The van der Waals surface area contributed by atoms with Crippen LogP contribution < -0.4 is 0 Å². The van der Waals surface area contributed by atoms with Crippen LogP contribution >= 0.6 is 45.2 Å². The smallest absolute Gasteiger partial charge is 0.198 e. The highest BCUT2D eigenvalue weighted by Crippen LogP contribution is 2.42. The molecule has 1 aliphatic rings. The number of hydrogen-bond acceptors (Lipinski definition) is 0. The van der Waals surface area contributed by atoms with Crippen LogP contribution in [0.5, 0.6) is 0 Å². The van der Waals surface area contributed by atoms with Crippen molar-refractivity contribution in [2.24, 2.45) is 0 Å². The van der Waals surface area contributed by atoms with Gasteiger partial charge in [-0.25, -0.2) is 0 Å². The van der Waals surface area contributed by atoms with Gasteiger partial charge < -0.3 is 0 Å². The molecule has 1 nitrogen and oxygen atoms in total. The van der Waals surface area contributed by atoms with E-state index in [1.54, 1.807) is 0 Å². The molecule has 0 saturated heterocycles. The van der Waals surface area contributed by atoms with Crippen LogP contribution in [0.2, 0.25) is 0 Å². The van der Waals surface area contributed by atoms with Crippen LogP contribution in [0.1, 0.15) is 25.0 Å². The van der Waals surface area contributed by atoms with Crippen LogP contribution in [0.25, 0.3) is 0 Å². The number of hydrogen-bond donors (Lipinski definition) is 0. The van der Waals surface area contributed by atoms with E-state index in [2.05, 4.69) is 150 Å². The molecule has 27 heavy (non-hydrogen) atoms. The Morgan fingerprint density at radius 2 is 1.67 bits per heavy atom. The van der Waals surface area contributed by atoms with Crippen molar-refractivity contribution < 1.29 is 4.58 Å². The van der Waals surface area contributed by atoms with E-state index in [0.29, 0.717) is 0 Å². The summed E-state index contributed by atoms with van der Waals surface area (Å²) in [7, 11) is 2.17. The third-order valence-electron chi connectivity index (χ3n) is 4.94. The average molecular weight is 580 g/mol. The molecule has 0 fully saturated rings. The maximum atomic E-state index is 2.47. The molecule has 1 heterocycles. The van der Waals surface area contributed by atoms with Gasteiger partial charge in [-0.1, -0.05) is 60.7 Å².